The van der Waals surface area contributed by atoms with Gasteiger partial charge >= 0.3 is 0 Å². The first-order chi connectivity index (χ1) is 6.38. The summed E-state index contributed by atoms with van der Waals surface area (Å²) in [5.41, 5.74) is 2.81. The summed E-state index contributed by atoms with van der Waals surface area (Å²) in [6, 6.07) is 4.38. The Balaban J connectivity index is 2.41. The molecule has 1 unspecified atom stereocenters. The van der Waals surface area contributed by atoms with Crippen molar-refractivity contribution < 1.29 is 0 Å². The normalized spacial score (nSPS) is 12.3. The molecule has 0 fully saturated rings. The van der Waals surface area contributed by atoms with Gasteiger partial charge in [0.05, 0.1) is 6.04 Å². The van der Waals surface area contributed by atoms with Crippen molar-refractivity contribution in [3.63, 3.8) is 0 Å². The molecule has 0 radical (unpaired) electrons. The van der Waals surface area contributed by atoms with Crippen molar-refractivity contribution in [1.82, 2.24) is 5.43 Å². The second kappa shape index (κ2) is 5.76. The van der Waals surface area contributed by atoms with E-state index >= 15 is 0 Å². The summed E-state index contributed by atoms with van der Waals surface area (Å²) in [7, 11) is 0. The van der Waals surface area contributed by atoms with Crippen LogP contribution in [0.4, 0.5) is 0 Å². The molecule has 3 N–H and O–H groups in total. The average Bonchev–Trinajstić information content (AvgIpc) is 2.65. The van der Waals surface area contributed by atoms with Gasteiger partial charge in [0.1, 0.15) is 0 Å². The molecule has 0 aliphatic heterocycles. The standard InChI is InChI=1S/C10H14N2S/c1-2-3-4-6-9(12-11)10-7-5-8-13-10/h1,5,7-9,12H,3-4,6,11H2. The highest BCUT2D eigenvalue weighted by molar-refractivity contribution is 7.10. The molecule has 0 spiro atoms. The number of nitrogens with two attached hydrogens (primary N) is 1. The molecular weight excluding hydrogens is 180 g/mol. The minimum atomic E-state index is 0.258. The van der Waals surface area contributed by atoms with E-state index in [1.807, 2.05) is 6.07 Å². The zero-order valence-electron chi connectivity index (χ0n) is 7.49. The lowest BCUT2D eigenvalue weighted by atomic mass is 10.1. The fraction of sp³-hybridized carbons (Fsp3) is 0.400. The highest BCUT2D eigenvalue weighted by Crippen LogP contribution is 2.22. The Morgan fingerprint density at radius 2 is 2.54 bits per heavy atom. The molecule has 1 rings (SSSR count). The number of terminal acetylenes is 1. The van der Waals surface area contributed by atoms with Crippen LogP contribution < -0.4 is 11.3 Å². The molecule has 1 aromatic rings. The SMILES string of the molecule is C#CCCCC(NN)c1cccs1. The molecule has 0 saturated carbocycles. The lowest BCUT2D eigenvalue weighted by molar-refractivity contribution is 0.509. The van der Waals surface area contributed by atoms with Crippen LogP contribution in [0.2, 0.25) is 0 Å². The summed E-state index contributed by atoms with van der Waals surface area (Å²) in [6.07, 6.45) is 8.02. The Labute approximate surface area is 83.1 Å². The van der Waals surface area contributed by atoms with Crippen molar-refractivity contribution in [1.29, 1.82) is 0 Å². The Bertz CT molecular complexity index is 261. The Hall–Kier alpha value is -0.820. The summed E-state index contributed by atoms with van der Waals surface area (Å²) in [5, 5.41) is 2.06. The highest BCUT2D eigenvalue weighted by atomic mass is 32.1. The van der Waals surface area contributed by atoms with Gasteiger partial charge in [0, 0.05) is 11.3 Å². The molecule has 13 heavy (non-hydrogen) atoms. The van der Waals surface area contributed by atoms with E-state index in [-0.39, 0.29) is 6.04 Å². The summed E-state index contributed by atoms with van der Waals surface area (Å²) < 4.78 is 0. The van der Waals surface area contributed by atoms with Crippen LogP contribution in [0.15, 0.2) is 17.5 Å². The van der Waals surface area contributed by atoms with Gasteiger partial charge in [0.25, 0.3) is 0 Å². The lowest BCUT2D eigenvalue weighted by Crippen LogP contribution is -2.27. The van der Waals surface area contributed by atoms with Gasteiger partial charge in [-0.2, -0.15) is 0 Å². The predicted molar refractivity (Wildman–Crippen MR) is 57.1 cm³/mol. The van der Waals surface area contributed by atoms with Crippen molar-refractivity contribution in [3.05, 3.63) is 22.4 Å². The Morgan fingerprint density at radius 3 is 3.08 bits per heavy atom. The Kier molecular flexibility index (Phi) is 4.55. The monoisotopic (exact) mass is 194 g/mol. The predicted octanol–water partition coefficient (Wildman–Crippen LogP) is 2.06. The molecule has 1 heterocycles. The van der Waals surface area contributed by atoms with Gasteiger partial charge in [-0.05, 0) is 24.3 Å². The molecule has 0 saturated heterocycles. The third-order valence-corrected chi connectivity index (χ3v) is 2.89. The van der Waals surface area contributed by atoms with E-state index in [1.54, 1.807) is 11.3 Å². The maximum absolute atomic E-state index is 5.45. The molecule has 1 aromatic heterocycles. The fourth-order valence-electron chi connectivity index (χ4n) is 1.21. The summed E-state index contributed by atoms with van der Waals surface area (Å²) >= 11 is 1.72. The van der Waals surface area contributed by atoms with Gasteiger partial charge in [-0.1, -0.05) is 6.07 Å². The number of thiophene rings is 1. The van der Waals surface area contributed by atoms with Crippen LogP contribution in [0.1, 0.15) is 30.2 Å². The lowest BCUT2D eigenvalue weighted by Gasteiger charge is -2.12. The number of hydrogen-bond donors (Lipinski definition) is 2. The van der Waals surface area contributed by atoms with Crippen LogP contribution >= 0.6 is 11.3 Å². The van der Waals surface area contributed by atoms with Crippen molar-refractivity contribution in [2.24, 2.45) is 5.84 Å². The van der Waals surface area contributed by atoms with E-state index in [2.05, 4.69) is 22.8 Å². The van der Waals surface area contributed by atoms with E-state index in [9.17, 15) is 0 Å². The van der Waals surface area contributed by atoms with Gasteiger partial charge in [0.2, 0.25) is 0 Å². The topological polar surface area (TPSA) is 38.0 Å². The van der Waals surface area contributed by atoms with Crippen LogP contribution in [0.3, 0.4) is 0 Å². The minimum Gasteiger partial charge on any atom is -0.271 e. The zero-order chi connectivity index (χ0) is 9.52. The van der Waals surface area contributed by atoms with Crippen molar-refractivity contribution >= 4 is 11.3 Å². The second-order valence-corrected chi connectivity index (χ2v) is 3.81. The maximum Gasteiger partial charge on any atom is 0.0553 e. The van der Waals surface area contributed by atoms with Crippen molar-refractivity contribution in [2.45, 2.75) is 25.3 Å². The zero-order valence-corrected chi connectivity index (χ0v) is 8.31. The number of rotatable bonds is 5. The summed E-state index contributed by atoms with van der Waals surface area (Å²) in [4.78, 5) is 1.28. The third kappa shape index (κ3) is 3.19. The van der Waals surface area contributed by atoms with E-state index in [0.717, 1.165) is 19.3 Å². The molecule has 3 heteroatoms. The van der Waals surface area contributed by atoms with Gasteiger partial charge in [-0.25, -0.2) is 0 Å². The third-order valence-electron chi connectivity index (χ3n) is 1.90. The van der Waals surface area contributed by atoms with E-state index in [0.29, 0.717) is 0 Å². The molecule has 0 bridgehead atoms. The molecule has 0 aliphatic rings. The van der Waals surface area contributed by atoms with E-state index in [4.69, 9.17) is 12.3 Å². The fourth-order valence-corrected chi connectivity index (χ4v) is 2.03. The van der Waals surface area contributed by atoms with Crippen LogP contribution in [0, 0.1) is 12.3 Å². The van der Waals surface area contributed by atoms with Gasteiger partial charge in [-0.3, -0.25) is 11.3 Å². The first kappa shape index (κ1) is 10.3. The largest absolute Gasteiger partial charge is 0.271 e. The molecule has 2 nitrogen and oxygen atoms in total. The molecule has 70 valence electrons. The number of hydrazine groups is 1. The molecule has 0 amide bonds. The van der Waals surface area contributed by atoms with Gasteiger partial charge in [0.15, 0.2) is 0 Å². The smallest absolute Gasteiger partial charge is 0.0553 e. The first-order valence-electron chi connectivity index (χ1n) is 4.31. The highest BCUT2D eigenvalue weighted by Gasteiger charge is 2.08. The summed E-state index contributed by atoms with van der Waals surface area (Å²) in [6.45, 7) is 0. The summed E-state index contributed by atoms with van der Waals surface area (Å²) in [5.74, 6) is 8.08. The second-order valence-electron chi connectivity index (χ2n) is 2.83. The molecular formula is C10H14N2S. The minimum absolute atomic E-state index is 0.258. The van der Waals surface area contributed by atoms with Crippen molar-refractivity contribution in [3.8, 4) is 12.3 Å². The van der Waals surface area contributed by atoms with Gasteiger partial charge in [-0.15, -0.1) is 23.7 Å². The van der Waals surface area contributed by atoms with Gasteiger partial charge < -0.3 is 0 Å². The number of hydrogen-bond acceptors (Lipinski definition) is 3. The Morgan fingerprint density at radius 1 is 1.69 bits per heavy atom. The van der Waals surface area contributed by atoms with Crippen LogP contribution in [0.25, 0.3) is 0 Å². The average molecular weight is 194 g/mol. The van der Waals surface area contributed by atoms with E-state index < -0.39 is 0 Å². The molecule has 1 atom stereocenters. The van der Waals surface area contributed by atoms with Crippen molar-refractivity contribution in [2.75, 3.05) is 0 Å². The maximum atomic E-state index is 5.45. The van der Waals surface area contributed by atoms with Crippen LogP contribution in [-0.2, 0) is 0 Å². The molecule has 0 aromatic carbocycles. The van der Waals surface area contributed by atoms with Crippen LogP contribution in [0.5, 0.6) is 0 Å². The van der Waals surface area contributed by atoms with Crippen LogP contribution in [-0.4, -0.2) is 0 Å². The first-order valence-corrected chi connectivity index (χ1v) is 5.19. The number of unbranched alkanes of at least 4 members (excludes halogenated alkanes) is 1. The number of nitrogens with one attached hydrogen (secondary N) is 1. The molecule has 0 aliphatic carbocycles. The van der Waals surface area contributed by atoms with E-state index in [1.165, 1.54) is 4.88 Å². The quantitative estimate of drug-likeness (QED) is 0.326.